The number of aromatic amines is 1. The zero-order valence-electron chi connectivity index (χ0n) is 10.8. The number of nitrogens with zero attached hydrogens (tertiary/aromatic N) is 3. The molecule has 1 aliphatic rings. The summed E-state index contributed by atoms with van der Waals surface area (Å²) in [7, 11) is -3.61. The molecule has 0 amide bonds. The van der Waals surface area contributed by atoms with Gasteiger partial charge in [-0.15, -0.1) is 21.5 Å². The van der Waals surface area contributed by atoms with E-state index in [4.69, 9.17) is 0 Å². The van der Waals surface area contributed by atoms with E-state index >= 15 is 0 Å². The molecule has 0 saturated heterocycles. The third kappa shape index (κ3) is 3.86. The van der Waals surface area contributed by atoms with E-state index in [1.807, 2.05) is 0 Å². The Labute approximate surface area is 133 Å². The molecule has 1 saturated carbocycles. The fourth-order valence-corrected chi connectivity index (χ4v) is 5.31. The highest BCUT2D eigenvalue weighted by Gasteiger charge is 2.23. The molecule has 0 spiro atoms. The Morgan fingerprint density at radius 3 is 2.90 bits per heavy atom. The van der Waals surface area contributed by atoms with Crippen LogP contribution < -0.4 is 10.0 Å². The van der Waals surface area contributed by atoms with E-state index in [9.17, 15) is 8.42 Å². The van der Waals surface area contributed by atoms with Crippen molar-refractivity contribution < 1.29 is 8.42 Å². The molecule has 2 aromatic rings. The van der Waals surface area contributed by atoms with Crippen molar-refractivity contribution >= 4 is 37.3 Å². The van der Waals surface area contributed by atoms with Crippen molar-refractivity contribution in [1.29, 1.82) is 0 Å². The summed E-state index contributed by atoms with van der Waals surface area (Å²) in [6.45, 7) is 0.686. The maximum atomic E-state index is 12.3. The lowest BCUT2D eigenvalue weighted by Gasteiger charge is -2.02. The van der Waals surface area contributed by atoms with Crippen LogP contribution in [-0.2, 0) is 23.1 Å². The van der Waals surface area contributed by atoms with Gasteiger partial charge in [0, 0.05) is 17.5 Å². The summed E-state index contributed by atoms with van der Waals surface area (Å²) in [6.07, 6.45) is 2.40. The normalized spacial score (nSPS) is 15.5. The maximum Gasteiger partial charge on any atom is 0.242 e. The zero-order valence-corrected chi connectivity index (χ0v) is 14.1. The monoisotopic (exact) mass is 392 g/mol. The highest BCUT2D eigenvalue weighted by atomic mass is 79.9. The van der Waals surface area contributed by atoms with Gasteiger partial charge in [-0.2, -0.15) is 5.21 Å². The van der Waals surface area contributed by atoms with Crippen LogP contribution in [-0.4, -0.2) is 35.1 Å². The topological polar surface area (TPSA) is 113 Å². The van der Waals surface area contributed by atoms with Crippen molar-refractivity contribution in [3.63, 3.8) is 0 Å². The molecule has 0 aliphatic heterocycles. The van der Waals surface area contributed by atoms with Gasteiger partial charge in [0.25, 0.3) is 0 Å². The van der Waals surface area contributed by atoms with Crippen molar-refractivity contribution in [2.24, 2.45) is 0 Å². The number of rotatable bonds is 7. The first-order valence-corrected chi connectivity index (χ1v) is 9.37. The van der Waals surface area contributed by atoms with Gasteiger partial charge in [-0.25, -0.2) is 13.1 Å². The SMILES string of the molecule is O=S(=O)(NCc1nn[nH]n1)c1cc(CNC2CC2)sc1Br. The van der Waals surface area contributed by atoms with Crippen LogP contribution >= 0.6 is 27.3 Å². The van der Waals surface area contributed by atoms with Crippen LogP contribution in [0.5, 0.6) is 0 Å². The minimum Gasteiger partial charge on any atom is -0.309 e. The third-order valence-electron chi connectivity index (χ3n) is 2.95. The molecule has 1 fully saturated rings. The highest BCUT2D eigenvalue weighted by molar-refractivity contribution is 9.11. The molecule has 3 N–H and O–H groups in total. The summed E-state index contributed by atoms with van der Waals surface area (Å²) in [6, 6.07) is 2.27. The van der Waals surface area contributed by atoms with Crippen LogP contribution in [0, 0.1) is 0 Å². The van der Waals surface area contributed by atoms with E-state index in [-0.39, 0.29) is 11.4 Å². The molecule has 2 heterocycles. The first-order chi connectivity index (χ1) is 10.0. The predicted molar refractivity (Wildman–Crippen MR) is 80.1 cm³/mol. The van der Waals surface area contributed by atoms with Crippen LogP contribution in [0.2, 0.25) is 0 Å². The Morgan fingerprint density at radius 2 is 2.24 bits per heavy atom. The molecule has 3 rings (SSSR count). The van der Waals surface area contributed by atoms with E-state index in [1.54, 1.807) is 6.07 Å². The molecule has 0 aromatic carbocycles. The second-order valence-electron chi connectivity index (χ2n) is 4.66. The number of H-pyrrole nitrogens is 1. The summed E-state index contributed by atoms with van der Waals surface area (Å²) in [5.41, 5.74) is 0. The molecule has 8 nitrogen and oxygen atoms in total. The lowest BCUT2D eigenvalue weighted by Crippen LogP contribution is -2.23. The van der Waals surface area contributed by atoms with Crippen molar-refractivity contribution in [1.82, 2.24) is 30.7 Å². The quantitative estimate of drug-likeness (QED) is 0.640. The number of halogens is 1. The first kappa shape index (κ1) is 15.0. The Bertz CT molecular complexity index is 710. The van der Waals surface area contributed by atoms with Gasteiger partial charge in [0.05, 0.1) is 10.3 Å². The second-order valence-corrected chi connectivity index (χ2v) is 8.85. The summed E-state index contributed by atoms with van der Waals surface area (Å²) in [5.74, 6) is 0.292. The van der Waals surface area contributed by atoms with E-state index in [0.717, 1.165) is 4.88 Å². The maximum absolute atomic E-state index is 12.3. The Kier molecular flexibility index (Phi) is 4.36. The smallest absolute Gasteiger partial charge is 0.242 e. The number of tetrazole rings is 1. The number of thiophene rings is 1. The number of aromatic nitrogens is 4. The van der Waals surface area contributed by atoms with Crippen molar-refractivity contribution in [3.8, 4) is 0 Å². The van der Waals surface area contributed by atoms with Gasteiger partial charge in [0.1, 0.15) is 4.90 Å². The highest BCUT2D eigenvalue weighted by Crippen LogP contribution is 2.32. The number of hydrogen-bond donors (Lipinski definition) is 3. The standard InChI is InChI=1S/C10H13BrN6O2S2/c11-10-8(3-7(20-10)4-12-6-1-2-6)21(18,19)13-5-9-14-16-17-15-9/h3,6,12-13H,1-2,4-5H2,(H,14,15,16,17). The summed E-state index contributed by atoms with van der Waals surface area (Å²) >= 11 is 4.74. The van der Waals surface area contributed by atoms with Crippen molar-refractivity contribution in [2.75, 3.05) is 0 Å². The third-order valence-corrected chi connectivity index (χ3v) is 6.60. The van der Waals surface area contributed by atoms with Crippen LogP contribution in [0.25, 0.3) is 0 Å². The fourth-order valence-electron chi connectivity index (χ4n) is 1.70. The van der Waals surface area contributed by atoms with Crippen molar-refractivity contribution in [3.05, 3.63) is 20.6 Å². The minimum atomic E-state index is -3.61. The van der Waals surface area contributed by atoms with Crippen LogP contribution in [0.1, 0.15) is 23.5 Å². The minimum absolute atomic E-state index is 0.00320. The molecule has 0 bridgehead atoms. The van der Waals surface area contributed by atoms with Crippen LogP contribution in [0.4, 0.5) is 0 Å². The lowest BCUT2D eigenvalue weighted by atomic mass is 10.4. The van der Waals surface area contributed by atoms with E-state index in [1.165, 1.54) is 24.2 Å². The average Bonchev–Trinajstić information content (AvgIpc) is 2.97. The van der Waals surface area contributed by atoms with Gasteiger partial charge in [-0.1, -0.05) is 5.21 Å². The molecule has 0 atom stereocenters. The predicted octanol–water partition coefficient (Wildman–Crippen LogP) is 0.754. The van der Waals surface area contributed by atoms with Crippen LogP contribution in [0.3, 0.4) is 0 Å². The number of hydrogen-bond acceptors (Lipinski definition) is 7. The molecule has 0 radical (unpaired) electrons. The van der Waals surface area contributed by atoms with Gasteiger partial charge in [-0.3, -0.25) is 0 Å². The molecular formula is C10H13BrN6O2S2. The van der Waals surface area contributed by atoms with Gasteiger partial charge >= 0.3 is 0 Å². The van der Waals surface area contributed by atoms with Gasteiger partial charge in [0.15, 0.2) is 5.82 Å². The summed E-state index contributed by atoms with van der Waals surface area (Å²) in [5, 5.41) is 16.4. The lowest BCUT2D eigenvalue weighted by molar-refractivity contribution is 0.579. The summed E-state index contributed by atoms with van der Waals surface area (Å²) in [4.78, 5) is 1.22. The molecule has 114 valence electrons. The van der Waals surface area contributed by atoms with Gasteiger partial charge in [-0.05, 0) is 34.8 Å². The second kappa shape index (κ2) is 6.08. The average molecular weight is 393 g/mol. The molecule has 2 aromatic heterocycles. The molecule has 1 aliphatic carbocycles. The number of sulfonamides is 1. The largest absolute Gasteiger partial charge is 0.309 e. The summed E-state index contributed by atoms with van der Waals surface area (Å²) < 4.78 is 27.6. The zero-order chi connectivity index (χ0) is 14.9. The van der Waals surface area contributed by atoms with E-state index in [2.05, 4.69) is 46.6 Å². The van der Waals surface area contributed by atoms with Crippen molar-refractivity contribution in [2.45, 2.75) is 36.9 Å². The Balaban J connectivity index is 1.68. The van der Waals surface area contributed by atoms with E-state index in [0.29, 0.717) is 22.2 Å². The number of nitrogens with one attached hydrogen (secondary N) is 3. The van der Waals surface area contributed by atoms with Crippen LogP contribution in [0.15, 0.2) is 14.7 Å². The fraction of sp³-hybridized carbons (Fsp3) is 0.500. The Hall–Kier alpha value is -0.880. The molecule has 0 unspecified atom stereocenters. The van der Waals surface area contributed by atoms with Gasteiger partial charge < -0.3 is 5.32 Å². The molecular weight excluding hydrogens is 380 g/mol. The Morgan fingerprint density at radius 1 is 1.43 bits per heavy atom. The van der Waals surface area contributed by atoms with Gasteiger partial charge in [0.2, 0.25) is 10.0 Å². The first-order valence-electron chi connectivity index (χ1n) is 6.28. The van der Waals surface area contributed by atoms with E-state index < -0.39 is 10.0 Å². The molecule has 11 heteroatoms. The molecule has 21 heavy (non-hydrogen) atoms.